The average molecular weight is 381 g/mol. The van der Waals surface area contributed by atoms with Gasteiger partial charge in [0.25, 0.3) is 11.5 Å². The van der Waals surface area contributed by atoms with E-state index in [2.05, 4.69) is 13.8 Å². The molecule has 1 aromatic heterocycles. The summed E-state index contributed by atoms with van der Waals surface area (Å²) in [6.07, 6.45) is 9.35. The van der Waals surface area contributed by atoms with Crippen molar-refractivity contribution in [2.45, 2.75) is 84.2 Å². The Hall–Kier alpha value is -2.10. The van der Waals surface area contributed by atoms with E-state index in [-0.39, 0.29) is 11.5 Å². The second-order valence-corrected chi connectivity index (χ2v) is 8.35. The number of hydrogen-bond donors (Lipinski definition) is 0. The molecular formula is C24H32N2O2. The van der Waals surface area contributed by atoms with Crippen LogP contribution in [0, 0.1) is 0 Å². The molecule has 0 bridgehead atoms. The third-order valence-corrected chi connectivity index (χ3v) is 6.41. The van der Waals surface area contributed by atoms with Crippen LogP contribution >= 0.6 is 0 Å². The predicted octanol–water partition coefficient (Wildman–Crippen LogP) is 4.70. The lowest BCUT2D eigenvalue weighted by Crippen LogP contribution is -2.33. The summed E-state index contributed by atoms with van der Waals surface area (Å²) in [6.45, 7) is 5.70. The van der Waals surface area contributed by atoms with Gasteiger partial charge in [-0.1, -0.05) is 25.8 Å². The number of pyridine rings is 1. The fourth-order valence-electron chi connectivity index (χ4n) is 4.77. The standard InChI is InChI=1S/C24H32N2O2/c1-3-5-16-26-21-13-9-12-20(24(28)25(4-2)17-14-15-17)22(21)18-10-7-6-8-11-19(18)23(26)27/h9,12-13,17H,3-8,10-11,14-16H2,1-2H3. The topological polar surface area (TPSA) is 42.3 Å². The smallest absolute Gasteiger partial charge is 0.254 e. The van der Waals surface area contributed by atoms with Crippen LogP contribution in [0.5, 0.6) is 0 Å². The van der Waals surface area contributed by atoms with Crippen molar-refractivity contribution in [3.05, 3.63) is 45.2 Å². The quantitative estimate of drug-likeness (QED) is 0.682. The Morgan fingerprint density at radius 1 is 1.11 bits per heavy atom. The lowest BCUT2D eigenvalue weighted by Gasteiger charge is -2.24. The molecule has 4 heteroatoms. The first-order chi connectivity index (χ1) is 13.7. The first-order valence-electron chi connectivity index (χ1n) is 11.2. The van der Waals surface area contributed by atoms with Gasteiger partial charge in [-0.15, -0.1) is 0 Å². The van der Waals surface area contributed by atoms with E-state index >= 15 is 0 Å². The highest BCUT2D eigenvalue weighted by Crippen LogP contribution is 2.33. The number of carbonyl (C=O) groups excluding carboxylic acids is 1. The zero-order valence-corrected chi connectivity index (χ0v) is 17.3. The molecule has 1 fully saturated rings. The number of hydrogen-bond acceptors (Lipinski definition) is 2. The highest BCUT2D eigenvalue weighted by atomic mass is 16.2. The third kappa shape index (κ3) is 3.38. The average Bonchev–Trinajstić information content (AvgIpc) is 3.55. The Bertz CT molecular complexity index is 940. The summed E-state index contributed by atoms with van der Waals surface area (Å²) in [6, 6.07) is 6.39. The van der Waals surface area contributed by atoms with Gasteiger partial charge in [0.05, 0.1) is 5.52 Å². The number of fused-ring (bicyclic) bond motifs is 3. The minimum atomic E-state index is 0.141. The first kappa shape index (κ1) is 19.2. The van der Waals surface area contributed by atoms with Crippen molar-refractivity contribution in [2.75, 3.05) is 6.54 Å². The molecular weight excluding hydrogens is 348 g/mol. The molecule has 0 unspecified atom stereocenters. The summed E-state index contributed by atoms with van der Waals surface area (Å²) in [7, 11) is 0. The Morgan fingerprint density at radius 3 is 2.54 bits per heavy atom. The van der Waals surface area contributed by atoms with Gasteiger partial charge in [0.2, 0.25) is 0 Å². The van der Waals surface area contributed by atoms with Crippen LogP contribution in [0.2, 0.25) is 0 Å². The summed E-state index contributed by atoms with van der Waals surface area (Å²) in [5.41, 5.74) is 4.06. The van der Waals surface area contributed by atoms with Crippen LogP contribution in [0.15, 0.2) is 23.0 Å². The maximum absolute atomic E-state index is 13.5. The summed E-state index contributed by atoms with van der Waals surface area (Å²) in [5.74, 6) is 0.141. The fraction of sp³-hybridized carbons (Fsp3) is 0.583. The monoisotopic (exact) mass is 380 g/mol. The van der Waals surface area contributed by atoms with Crippen LogP contribution in [0.4, 0.5) is 0 Å². The summed E-state index contributed by atoms with van der Waals surface area (Å²) in [5, 5.41) is 1.05. The van der Waals surface area contributed by atoms with Gasteiger partial charge in [0.15, 0.2) is 0 Å². The molecule has 0 radical (unpaired) electrons. The zero-order chi connectivity index (χ0) is 19.7. The van der Waals surface area contributed by atoms with Gasteiger partial charge in [-0.25, -0.2) is 0 Å². The SMILES string of the molecule is CCCCn1c(=O)c2c(c3c(C(=O)N(CC)C4CC4)cccc31)CCCCC2. The molecule has 0 atom stereocenters. The molecule has 150 valence electrons. The number of nitrogens with zero attached hydrogens (tertiary/aromatic N) is 2. The predicted molar refractivity (Wildman–Crippen MR) is 114 cm³/mol. The van der Waals surface area contributed by atoms with Gasteiger partial charge < -0.3 is 9.47 Å². The number of unbranched alkanes of at least 4 members (excludes halogenated alkanes) is 1. The minimum absolute atomic E-state index is 0.141. The zero-order valence-electron chi connectivity index (χ0n) is 17.3. The Morgan fingerprint density at radius 2 is 1.86 bits per heavy atom. The molecule has 1 heterocycles. The highest BCUT2D eigenvalue weighted by molar-refractivity contribution is 6.08. The number of amides is 1. The third-order valence-electron chi connectivity index (χ3n) is 6.41. The van der Waals surface area contributed by atoms with Crippen LogP contribution in [0.25, 0.3) is 10.9 Å². The van der Waals surface area contributed by atoms with Crippen molar-refractivity contribution in [3.8, 4) is 0 Å². The van der Waals surface area contributed by atoms with Crippen molar-refractivity contribution in [1.29, 1.82) is 0 Å². The minimum Gasteiger partial charge on any atom is -0.336 e. The second-order valence-electron chi connectivity index (χ2n) is 8.35. The Labute approximate surface area is 167 Å². The number of benzene rings is 1. The van der Waals surface area contributed by atoms with E-state index in [4.69, 9.17) is 0 Å². The summed E-state index contributed by atoms with van der Waals surface area (Å²) in [4.78, 5) is 28.9. The van der Waals surface area contributed by atoms with Gasteiger partial charge >= 0.3 is 0 Å². The molecule has 2 aliphatic carbocycles. The van der Waals surface area contributed by atoms with Crippen molar-refractivity contribution < 1.29 is 4.79 Å². The lowest BCUT2D eigenvalue weighted by atomic mass is 9.94. The van der Waals surface area contributed by atoms with Crippen LogP contribution in [0.1, 0.15) is 80.3 Å². The van der Waals surface area contributed by atoms with Gasteiger partial charge in [0.1, 0.15) is 0 Å². The largest absolute Gasteiger partial charge is 0.336 e. The van der Waals surface area contributed by atoms with Crippen LogP contribution in [-0.4, -0.2) is 28.0 Å². The number of carbonyl (C=O) groups is 1. The van der Waals surface area contributed by atoms with Crippen molar-refractivity contribution in [3.63, 3.8) is 0 Å². The lowest BCUT2D eigenvalue weighted by molar-refractivity contribution is 0.0754. The number of aryl methyl sites for hydroxylation is 2. The van der Waals surface area contributed by atoms with E-state index in [0.29, 0.717) is 6.04 Å². The molecule has 4 rings (SSSR count). The van der Waals surface area contributed by atoms with Gasteiger partial charge in [0, 0.05) is 35.6 Å². The van der Waals surface area contributed by atoms with Crippen molar-refractivity contribution in [1.82, 2.24) is 9.47 Å². The molecule has 1 amide bonds. The molecule has 1 saturated carbocycles. The van der Waals surface area contributed by atoms with Gasteiger partial charge in [-0.2, -0.15) is 0 Å². The molecule has 0 aliphatic heterocycles. The van der Waals surface area contributed by atoms with E-state index in [1.807, 2.05) is 27.7 Å². The van der Waals surface area contributed by atoms with E-state index in [9.17, 15) is 9.59 Å². The van der Waals surface area contributed by atoms with Crippen LogP contribution < -0.4 is 5.56 Å². The highest BCUT2D eigenvalue weighted by Gasteiger charge is 2.33. The molecule has 1 aromatic carbocycles. The molecule has 0 saturated heterocycles. The van der Waals surface area contributed by atoms with Crippen LogP contribution in [0.3, 0.4) is 0 Å². The Kier molecular flexibility index (Phi) is 5.56. The van der Waals surface area contributed by atoms with E-state index in [1.165, 1.54) is 0 Å². The van der Waals surface area contributed by atoms with E-state index < -0.39 is 0 Å². The van der Waals surface area contributed by atoms with Crippen molar-refractivity contribution >= 4 is 16.8 Å². The molecule has 0 N–H and O–H groups in total. The second kappa shape index (κ2) is 8.10. The maximum atomic E-state index is 13.5. The molecule has 2 aliphatic rings. The van der Waals surface area contributed by atoms with Crippen molar-refractivity contribution in [2.24, 2.45) is 0 Å². The number of rotatable bonds is 6. The molecule has 4 nitrogen and oxygen atoms in total. The van der Waals surface area contributed by atoms with Gasteiger partial charge in [-0.3, -0.25) is 9.59 Å². The maximum Gasteiger partial charge on any atom is 0.254 e. The normalized spacial score (nSPS) is 16.6. The van der Waals surface area contributed by atoms with Crippen LogP contribution in [-0.2, 0) is 19.4 Å². The number of aromatic nitrogens is 1. The fourth-order valence-corrected chi connectivity index (χ4v) is 4.77. The Balaban J connectivity index is 1.96. The van der Waals surface area contributed by atoms with Gasteiger partial charge in [-0.05, 0) is 69.6 Å². The summed E-state index contributed by atoms with van der Waals surface area (Å²) >= 11 is 0. The molecule has 2 aromatic rings. The van der Waals surface area contributed by atoms with E-state index in [1.54, 1.807) is 0 Å². The molecule has 28 heavy (non-hydrogen) atoms. The van der Waals surface area contributed by atoms with E-state index in [0.717, 1.165) is 98.5 Å². The molecule has 0 spiro atoms. The first-order valence-corrected chi connectivity index (χ1v) is 11.2. The summed E-state index contributed by atoms with van der Waals surface area (Å²) < 4.78 is 1.95.